The van der Waals surface area contributed by atoms with Crippen LogP contribution in [0.4, 0.5) is 0 Å². The number of benzene rings is 1. The zero-order chi connectivity index (χ0) is 14.6. The number of rotatable bonds is 8. The van der Waals surface area contributed by atoms with Crippen molar-refractivity contribution in [1.82, 2.24) is 10.6 Å². The Morgan fingerprint density at radius 2 is 1.95 bits per heavy atom. The lowest BCUT2D eigenvalue weighted by Gasteiger charge is -2.13. The molecule has 0 aliphatic heterocycles. The maximum atomic E-state index is 5.61. The third kappa shape index (κ3) is 5.93. The third-order valence-electron chi connectivity index (χ3n) is 2.78. The fourth-order valence-corrected chi connectivity index (χ4v) is 1.81. The minimum absolute atomic E-state index is 0.661. The molecule has 20 heavy (non-hydrogen) atoms. The van der Waals surface area contributed by atoms with Gasteiger partial charge >= 0.3 is 0 Å². The summed E-state index contributed by atoms with van der Waals surface area (Å²) < 4.78 is 10.6. The third-order valence-corrected chi connectivity index (χ3v) is 2.78. The van der Waals surface area contributed by atoms with Gasteiger partial charge < -0.3 is 20.1 Å². The van der Waals surface area contributed by atoms with E-state index in [1.165, 1.54) is 5.56 Å². The normalized spacial score (nSPS) is 11.2. The molecule has 0 aliphatic rings. The number of methoxy groups -OCH3 is 1. The molecule has 0 atom stereocenters. The van der Waals surface area contributed by atoms with E-state index in [1.54, 1.807) is 14.2 Å². The highest BCUT2D eigenvalue weighted by atomic mass is 16.5. The summed E-state index contributed by atoms with van der Waals surface area (Å²) >= 11 is 0. The molecule has 0 heterocycles. The van der Waals surface area contributed by atoms with Gasteiger partial charge in [0.25, 0.3) is 0 Å². The largest absolute Gasteiger partial charge is 0.494 e. The van der Waals surface area contributed by atoms with E-state index in [0.717, 1.165) is 31.2 Å². The summed E-state index contributed by atoms with van der Waals surface area (Å²) in [4.78, 5) is 4.16. The van der Waals surface area contributed by atoms with Crippen LogP contribution in [0.3, 0.4) is 0 Å². The van der Waals surface area contributed by atoms with Crippen LogP contribution in [-0.4, -0.2) is 46.4 Å². The maximum absolute atomic E-state index is 5.61. The summed E-state index contributed by atoms with van der Waals surface area (Å²) in [5.41, 5.74) is 1.20. The van der Waals surface area contributed by atoms with E-state index < -0.39 is 0 Å². The van der Waals surface area contributed by atoms with E-state index in [2.05, 4.69) is 21.7 Å². The number of hydrogen-bond acceptors (Lipinski definition) is 3. The lowest BCUT2D eigenvalue weighted by molar-refractivity contribution is 0.203. The zero-order valence-corrected chi connectivity index (χ0v) is 12.6. The van der Waals surface area contributed by atoms with Gasteiger partial charge in [0.05, 0.1) is 13.2 Å². The van der Waals surface area contributed by atoms with E-state index in [0.29, 0.717) is 13.2 Å². The Labute approximate surface area is 121 Å². The molecule has 2 N–H and O–H groups in total. The monoisotopic (exact) mass is 279 g/mol. The van der Waals surface area contributed by atoms with Gasteiger partial charge in [-0.05, 0) is 25.0 Å². The summed E-state index contributed by atoms with van der Waals surface area (Å²) in [6.07, 6.45) is 0.890. The highest BCUT2D eigenvalue weighted by Crippen LogP contribution is 2.17. The predicted molar refractivity (Wildman–Crippen MR) is 82.6 cm³/mol. The van der Waals surface area contributed by atoms with Crippen LogP contribution in [0.15, 0.2) is 29.3 Å². The molecule has 0 unspecified atom stereocenters. The number of para-hydroxylation sites is 1. The van der Waals surface area contributed by atoms with Crippen molar-refractivity contribution >= 4 is 5.96 Å². The van der Waals surface area contributed by atoms with Crippen molar-refractivity contribution in [3.05, 3.63) is 29.8 Å². The van der Waals surface area contributed by atoms with E-state index in [4.69, 9.17) is 9.47 Å². The van der Waals surface area contributed by atoms with Crippen LogP contribution in [0.5, 0.6) is 5.75 Å². The maximum Gasteiger partial charge on any atom is 0.191 e. The fraction of sp³-hybridized carbons (Fsp3) is 0.533. The van der Waals surface area contributed by atoms with Crippen LogP contribution in [-0.2, 0) is 11.2 Å². The van der Waals surface area contributed by atoms with Crippen molar-refractivity contribution in [1.29, 1.82) is 0 Å². The van der Waals surface area contributed by atoms with Crippen LogP contribution in [0.25, 0.3) is 0 Å². The summed E-state index contributed by atoms with van der Waals surface area (Å²) in [5.74, 6) is 1.75. The van der Waals surface area contributed by atoms with Crippen molar-refractivity contribution < 1.29 is 9.47 Å². The second-order valence-electron chi connectivity index (χ2n) is 4.21. The average molecular weight is 279 g/mol. The molecule has 0 saturated heterocycles. The number of aliphatic imine (C=N–C) groups is 1. The molecule has 0 bridgehead atoms. The number of nitrogens with one attached hydrogen (secondary N) is 2. The Morgan fingerprint density at radius 3 is 2.65 bits per heavy atom. The first kappa shape index (κ1) is 16.3. The van der Waals surface area contributed by atoms with Crippen molar-refractivity contribution in [2.24, 2.45) is 4.99 Å². The molecule has 0 fully saturated rings. The van der Waals surface area contributed by atoms with Crippen LogP contribution in [0.1, 0.15) is 12.5 Å². The van der Waals surface area contributed by atoms with Crippen molar-refractivity contribution in [3.63, 3.8) is 0 Å². The van der Waals surface area contributed by atoms with Gasteiger partial charge in [-0.15, -0.1) is 0 Å². The number of hydrogen-bond donors (Lipinski definition) is 2. The highest BCUT2D eigenvalue weighted by molar-refractivity contribution is 5.79. The topological polar surface area (TPSA) is 54.9 Å². The lowest BCUT2D eigenvalue weighted by atomic mass is 10.1. The molecule has 5 heteroatoms. The van der Waals surface area contributed by atoms with Gasteiger partial charge in [-0.2, -0.15) is 0 Å². The van der Waals surface area contributed by atoms with Gasteiger partial charge in [0, 0.05) is 27.2 Å². The van der Waals surface area contributed by atoms with Gasteiger partial charge in [0.15, 0.2) is 5.96 Å². The first-order chi connectivity index (χ1) is 9.81. The molecule has 1 aromatic rings. The van der Waals surface area contributed by atoms with Gasteiger partial charge in [-0.1, -0.05) is 18.2 Å². The molecule has 0 radical (unpaired) electrons. The molecular formula is C15H25N3O2. The summed E-state index contributed by atoms with van der Waals surface area (Å²) in [7, 11) is 3.44. The van der Waals surface area contributed by atoms with E-state index >= 15 is 0 Å². The van der Waals surface area contributed by atoms with E-state index in [9.17, 15) is 0 Å². The molecule has 112 valence electrons. The second kappa shape index (κ2) is 10.1. The number of ether oxygens (including phenoxy) is 2. The van der Waals surface area contributed by atoms with E-state index in [-0.39, 0.29) is 0 Å². The minimum atomic E-state index is 0.661. The molecule has 1 rings (SSSR count). The van der Waals surface area contributed by atoms with Crippen LogP contribution >= 0.6 is 0 Å². The van der Waals surface area contributed by atoms with Gasteiger partial charge in [0.2, 0.25) is 0 Å². The minimum Gasteiger partial charge on any atom is -0.494 e. The summed E-state index contributed by atoms with van der Waals surface area (Å²) in [6, 6.07) is 8.12. The SMILES string of the molecule is CCOc1ccccc1CCNC(=NC)NCCOC. The van der Waals surface area contributed by atoms with E-state index in [1.807, 2.05) is 25.1 Å². The first-order valence-corrected chi connectivity index (χ1v) is 6.96. The molecule has 0 amide bonds. The Hall–Kier alpha value is -1.75. The van der Waals surface area contributed by atoms with Gasteiger partial charge in [-0.3, -0.25) is 4.99 Å². The van der Waals surface area contributed by atoms with Gasteiger partial charge in [-0.25, -0.2) is 0 Å². The Bertz CT molecular complexity index is 408. The van der Waals surface area contributed by atoms with Crippen molar-refractivity contribution in [2.75, 3.05) is 40.5 Å². The van der Waals surface area contributed by atoms with Gasteiger partial charge in [0.1, 0.15) is 5.75 Å². The predicted octanol–water partition coefficient (Wildman–Crippen LogP) is 1.44. The first-order valence-electron chi connectivity index (χ1n) is 6.96. The molecule has 0 aliphatic carbocycles. The Kier molecular flexibility index (Phi) is 8.22. The second-order valence-corrected chi connectivity index (χ2v) is 4.21. The molecule has 0 spiro atoms. The number of nitrogens with zero attached hydrogens (tertiary/aromatic N) is 1. The molecule has 5 nitrogen and oxygen atoms in total. The zero-order valence-electron chi connectivity index (χ0n) is 12.6. The van der Waals surface area contributed by atoms with Crippen LogP contribution in [0, 0.1) is 0 Å². The lowest BCUT2D eigenvalue weighted by Crippen LogP contribution is -2.39. The van der Waals surface area contributed by atoms with Crippen molar-refractivity contribution in [3.8, 4) is 5.75 Å². The molecule has 0 aromatic heterocycles. The quantitative estimate of drug-likeness (QED) is 0.429. The Balaban J connectivity index is 2.39. The smallest absolute Gasteiger partial charge is 0.191 e. The Morgan fingerprint density at radius 1 is 1.20 bits per heavy atom. The number of guanidine groups is 1. The summed E-state index contributed by atoms with van der Waals surface area (Å²) in [5, 5.41) is 6.45. The molecular weight excluding hydrogens is 254 g/mol. The molecule has 0 saturated carbocycles. The van der Waals surface area contributed by atoms with Crippen LogP contribution < -0.4 is 15.4 Å². The summed E-state index contributed by atoms with van der Waals surface area (Å²) in [6.45, 7) is 4.89. The standard InChI is InChI=1S/C15H25N3O2/c1-4-20-14-8-6-5-7-13(14)9-10-17-15(16-2)18-11-12-19-3/h5-8H,4,9-12H2,1-3H3,(H2,16,17,18). The molecule has 1 aromatic carbocycles. The van der Waals surface area contributed by atoms with Crippen LogP contribution in [0.2, 0.25) is 0 Å². The van der Waals surface area contributed by atoms with Crippen molar-refractivity contribution in [2.45, 2.75) is 13.3 Å². The average Bonchev–Trinajstić information content (AvgIpc) is 2.48. The highest BCUT2D eigenvalue weighted by Gasteiger charge is 2.03. The fourth-order valence-electron chi connectivity index (χ4n) is 1.81.